The molecule has 130 valence electrons. The van der Waals surface area contributed by atoms with Gasteiger partial charge in [0.2, 0.25) is 6.34 Å². The fourth-order valence-corrected chi connectivity index (χ4v) is 3.16. The van der Waals surface area contributed by atoms with E-state index in [0.29, 0.717) is 0 Å². The van der Waals surface area contributed by atoms with Crippen LogP contribution in [0.1, 0.15) is 63.9 Å². The molecule has 0 saturated heterocycles. The maximum absolute atomic E-state index is 2.50. The molecule has 2 nitrogen and oxygen atoms in total. The number of benzene rings is 1. The molecule has 0 fully saturated rings. The molecule has 0 aliphatic carbocycles. The molecule has 1 heterocycles. The summed E-state index contributed by atoms with van der Waals surface area (Å²) in [5, 5.41) is 0. The minimum Gasteiger partial charge on any atom is -1.00 e. The summed E-state index contributed by atoms with van der Waals surface area (Å²) in [6, 6.07) is 10.8. The summed E-state index contributed by atoms with van der Waals surface area (Å²) < 4.78 is 2.44. The Morgan fingerprint density at radius 1 is 0.913 bits per heavy atom. The van der Waals surface area contributed by atoms with E-state index in [1.807, 2.05) is 0 Å². The van der Waals surface area contributed by atoms with E-state index >= 15 is 0 Å². The first-order chi connectivity index (χ1) is 10.9. The van der Waals surface area contributed by atoms with Gasteiger partial charge in [-0.2, -0.15) is 0 Å². The molecule has 23 heavy (non-hydrogen) atoms. The molecule has 1 aromatic carbocycles. The van der Waals surface area contributed by atoms with Gasteiger partial charge < -0.3 is 12.4 Å². The molecule has 3 heteroatoms. The molecule has 0 aromatic heterocycles. The lowest BCUT2D eigenvalue weighted by atomic mass is 10.1. The third-order valence-corrected chi connectivity index (χ3v) is 4.53. The van der Waals surface area contributed by atoms with E-state index in [2.05, 4.69) is 53.1 Å². The molecule has 0 saturated carbocycles. The Morgan fingerprint density at radius 3 is 2.26 bits per heavy atom. The highest BCUT2D eigenvalue weighted by atomic mass is 35.5. The number of hydrogen-bond acceptors (Lipinski definition) is 1. The Kier molecular flexibility index (Phi) is 10.8. The van der Waals surface area contributed by atoms with Gasteiger partial charge in [0, 0.05) is 0 Å². The number of rotatable bonds is 11. The van der Waals surface area contributed by atoms with Crippen LogP contribution in [-0.2, 0) is 6.54 Å². The van der Waals surface area contributed by atoms with Crippen molar-refractivity contribution in [2.24, 2.45) is 0 Å². The van der Waals surface area contributed by atoms with Crippen molar-refractivity contribution in [3.63, 3.8) is 0 Å². The van der Waals surface area contributed by atoms with Crippen LogP contribution >= 0.6 is 0 Å². The minimum absolute atomic E-state index is 0. The monoisotopic (exact) mass is 336 g/mol. The summed E-state index contributed by atoms with van der Waals surface area (Å²) in [6.45, 7) is 6.94. The van der Waals surface area contributed by atoms with Crippen LogP contribution in [0.3, 0.4) is 0 Å². The van der Waals surface area contributed by atoms with Crippen molar-refractivity contribution in [1.82, 2.24) is 4.90 Å². The molecular formula is C20H33ClN2. The van der Waals surface area contributed by atoms with E-state index in [1.165, 1.54) is 76.6 Å². The van der Waals surface area contributed by atoms with Gasteiger partial charge in [-0.15, -0.1) is 0 Å². The van der Waals surface area contributed by atoms with Crippen molar-refractivity contribution in [3.8, 4) is 0 Å². The number of halogens is 1. The highest BCUT2D eigenvalue weighted by molar-refractivity contribution is 5.50. The van der Waals surface area contributed by atoms with Crippen LogP contribution in [0.5, 0.6) is 0 Å². The zero-order valence-corrected chi connectivity index (χ0v) is 15.5. The fourth-order valence-electron chi connectivity index (χ4n) is 3.16. The molecule has 0 atom stereocenters. The van der Waals surface area contributed by atoms with Crippen LogP contribution in [0.15, 0.2) is 30.3 Å². The predicted molar refractivity (Wildman–Crippen MR) is 95.5 cm³/mol. The zero-order chi connectivity index (χ0) is 15.5. The Balaban J connectivity index is 0.00000264. The summed E-state index contributed by atoms with van der Waals surface area (Å²) >= 11 is 0. The Hall–Kier alpha value is -1.02. The van der Waals surface area contributed by atoms with Crippen LogP contribution in [0.4, 0.5) is 0 Å². The van der Waals surface area contributed by atoms with Crippen molar-refractivity contribution >= 4 is 6.34 Å². The molecule has 0 spiro atoms. The molecule has 0 amide bonds. The molecule has 0 unspecified atom stereocenters. The minimum atomic E-state index is 0. The molecule has 0 radical (unpaired) electrons. The number of nitrogens with zero attached hydrogens (tertiary/aromatic N) is 2. The van der Waals surface area contributed by atoms with E-state index in [-0.39, 0.29) is 12.4 Å². The Morgan fingerprint density at radius 2 is 1.57 bits per heavy atom. The molecule has 1 aliphatic rings. The highest BCUT2D eigenvalue weighted by Gasteiger charge is 2.18. The second-order valence-electron chi connectivity index (χ2n) is 6.58. The van der Waals surface area contributed by atoms with Gasteiger partial charge in [-0.3, -0.25) is 9.48 Å². The highest BCUT2D eigenvalue weighted by Crippen LogP contribution is 2.09. The number of hydrogen-bond donors (Lipinski definition) is 0. The summed E-state index contributed by atoms with van der Waals surface area (Å²) in [5.41, 5.74) is 1.41. The lowest BCUT2D eigenvalue weighted by Gasteiger charge is -2.06. The van der Waals surface area contributed by atoms with E-state index in [0.717, 1.165) is 6.54 Å². The van der Waals surface area contributed by atoms with Gasteiger partial charge in [0.1, 0.15) is 19.6 Å². The number of unbranched alkanes of at least 4 members (excludes halogenated alkanes) is 7. The third kappa shape index (κ3) is 8.41. The first-order valence-corrected chi connectivity index (χ1v) is 9.25. The second kappa shape index (κ2) is 12.4. The Bertz CT molecular complexity index is 431. The third-order valence-electron chi connectivity index (χ3n) is 4.53. The molecule has 1 aliphatic heterocycles. The smallest absolute Gasteiger partial charge is 0.234 e. The van der Waals surface area contributed by atoms with Gasteiger partial charge in [-0.25, -0.2) is 0 Å². The lowest BCUT2D eigenvalue weighted by molar-refractivity contribution is -0.530. The summed E-state index contributed by atoms with van der Waals surface area (Å²) in [5.74, 6) is 0. The van der Waals surface area contributed by atoms with Crippen LogP contribution in [0.2, 0.25) is 0 Å². The first kappa shape index (κ1) is 20.0. The van der Waals surface area contributed by atoms with Gasteiger partial charge in [0.25, 0.3) is 0 Å². The van der Waals surface area contributed by atoms with Crippen LogP contribution in [-0.4, -0.2) is 35.4 Å². The van der Waals surface area contributed by atoms with Crippen LogP contribution in [0, 0.1) is 0 Å². The summed E-state index contributed by atoms with van der Waals surface area (Å²) in [4.78, 5) is 2.50. The molecule has 0 bridgehead atoms. The predicted octanol–water partition coefficient (Wildman–Crippen LogP) is 1.69. The van der Waals surface area contributed by atoms with Gasteiger partial charge in [-0.1, -0.05) is 75.8 Å². The summed E-state index contributed by atoms with van der Waals surface area (Å²) in [7, 11) is 0. The van der Waals surface area contributed by atoms with Crippen molar-refractivity contribution in [3.05, 3.63) is 35.9 Å². The van der Waals surface area contributed by atoms with E-state index in [1.54, 1.807) is 0 Å². The van der Waals surface area contributed by atoms with E-state index < -0.39 is 0 Å². The molecule has 1 aromatic rings. The fraction of sp³-hybridized carbons (Fsp3) is 0.650. The van der Waals surface area contributed by atoms with Crippen molar-refractivity contribution in [2.75, 3.05) is 19.6 Å². The molecule has 2 rings (SSSR count). The van der Waals surface area contributed by atoms with Gasteiger partial charge in [0.05, 0.1) is 6.54 Å². The maximum Gasteiger partial charge on any atom is 0.234 e. The Labute approximate surface area is 149 Å². The molecular weight excluding hydrogens is 304 g/mol. The maximum atomic E-state index is 2.50. The van der Waals surface area contributed by atoms with E-state index in [9.17, 15) is 0 Å². The quantitative estimate of drug-likeness (QED) is 0.440. The average Bonchev–Trinajstić information content (AvgIpc) is 2.98. The largest absolute Gasteiger partial charge is 1.00 e. The molecule has 0 N–H and O–H groups in total. The average molecular weight is 337 g/mol. The SMILES string of the molecule is CCCCCCCCCCN1C=[N+](Cc2ccccc2)CC1.[Cl-]. The van der Waals surface area contributed by atoms with Gasteiger partial charge >= 0.3 is 0 Å². The second-order valence-corrected chi connectivity index (χ2v) is 6.58. The van der Waals surface area contributed by atoms with Crippen molar-refractivity contribution in [1.29, 1.82) is 0 Å². The van der Waals surface area contributed by atoms with Crippen molar-refractivity contribution < 1.29 is 17.0 Å². The topological polar surface area (TPSA) is 6.25 Å². The first-order valence-electron chi connectivity index (χ1n) is 9.25. The normalized spacial score (nSPS) is 13.8. The standard InChI is InChI=1S/C20H33N2.ClH/c1-2-3-4-5-6-7-8-12-15-21-16-17-22(19-21)18-20-13-10-9-11-14-20;/h9-11,13-14,19H,2-8,12,15-18H2,1H3;1H/q+1;/p-1. The van der Waals surface area contributed by atoms with Gasteiger partial charge in [-0.05, 0) is 18.4 Å². The zero-order valence-electron chi connectivity index (χ0n) is 14.7. The summed E-state index contributed by atoms with van der Waals surface area (Å²) in [6.07, 6.45) is 13.6. The van der Waals surface area contributed by atoms with Crippen molar-refractivity contribution in [2.45, 2.75) is 64.8 Å². The van der Waals surface area contributed by atoms with Crippen LogP contribution < -0.4 is 12.4 Å². The van der Waals surface area contributed by atoms with E-state index in [4.69, 9.17) is 0 Å². The van der Waals surface area contributed by atoms with Crippen LogP contribution in [0.25, 0.3) is 0 Å². The van der Waals surface area contributed by atoms with Gasteiger partial charge in [0.15, 0.2) is 0 Å². The lowest BCUT2D eigenvalue weighted by Crippen LogP contribution is -3.00.